The minimum Gasteiger partial charge on any atom is -0.455 e. The monoisotopic (exact) mass is 757 g/mol. The molecule has 8 aromatic carbocycles. The van der Waals surface area contributed by atoms with E-state index in [9.17, 15) is 0 Å². The molecule has 0 aliphatic carbocycles. The molecule has 12 rings (SSSR count). The number of pyridine rings is 1. The first-order valence-corrected chi connectivity index (χ1v) is 20.2. The first-order chi connectivity index (χ1) is 28.7. The summed E-state index contributed by atoms with van der Waals surface area (Å²) in [4.78, 5) is 15.9. The van der Waals surface area contributed by atoms with Gasteiger partial charge >= 0.3 is 0 Å². The molecule has 0 N–H and O–H groups in total. The van der Waals surface area contributed by atoms with Crippen molar-refractivity contribution < 1.29 is 4.42 Å². The Bertz CT molecular complexity index is 3570. The van der Waals surface area contributed by atoms with Gasteiger partial charge in [0.25, 0.3) is 0 Å². The molecule has 0 aliphatic heterocycles. The highest BCUT2D eigenvalue weighted by molar-refractivity contribution is 7.26. The molecule has 0 fully saturated rings. The van der Waals surface area contributed by atoms with E-state index in [1.165, 1.54) is 30.9 Å². The Labute approximate surface area is 337 Å². The molecule has 4 aromatic heterocycles. The van der Waals surface area contributed by atoms with Crippen LogP contribution in [-0.4, -0.2) is 15.0 Å². The Morgan fingerprint density at radius 3 is 1.97 bits per heavy atom. The van der Waals surface area contributed by atoms with E-state index in [1.807, 2.05) is 29.5 Å². The first kappa shape index (κ1) is 32.7. The third-order valence-corrected chi connectivity index (χ3v) is 12.5. The van der Waals surface area contributed by atoms with E-state index in [4.69, 9.17) is 19.4 Å². The summed E-state index contributed by atoms with van der Waals surface area (Å²) in [6, 6.07) is 65.8. The molecule has 0 radical (unpaired) electrons. The van der Waals surface area contributed by atoms with E-state index >= 15 is 0 Å². The molecule has 0 saturated heterocycles. The summed E-state index contributed by atoms with van der Waals surface area (Å²) in [6.45, 7) is 0. The van der Waals surface area contributed by atoms with Gasteiger partial charge in [0.05, 0.1) is 22.6 Å². The van der Waals surface area contributed by atoms with Crippen LogP contribution in [0.2, 0.25) is 0 Å². The molecule has 0 unspecified atom stereocenters. The minimum atomic E-state index is 0.663. The maximum Gasteiger partial charge on any atom is 0.160 e. The number of hydrogen-bond acceptors (Lipinski definition) is 5. The van der Waals surface area contributed by atoms with Crippen LogP contribution in [0.3, 0.4) is 0 Å². The fourth-order valence-electron chi connectivity index (χ4n) is 8.48. The van der Waals surface area contributed by atoms with Gasteiger partial charge < -0.3 is 4.42 Å². The fraction of sp³-hybridized carbons (Fsp3) is 0. The van der Waals surface area contributed by atoms with Gasteiger partial charge in [-0.3, -0.25) is 0 Å². The predicted molar refractivity (Wildman–Crippen MR) is 242 cm³/mol. The smallest absolute Gasteiger partial charge is 0.160 e. The molecule has 58 heavy (non-hydrogen) atoms. The topological polar surface area (TPSA) is 51.8 Å². The lowest BCUT2D eigenvalue weighted by Gasteiger charge is -2.12. The second kappa shape index (κ2) is 13.1. The first-order valence-electron chi connectivity index (χ1n) is 19.4. The molecular weight excluding hydrogens is 727 g/mol. The van der Waals surface area contributed by atoms with E-state index in [0.717, 1.165) is 83.3 Å². The summed E-state index contributed by atoms with van der Waals surface area (Å²) in [7, 11) is 0. The van der Waals surface area contributed by atoms with Crippen LogP contribution in [0.15, 0.2) is 192 Å². The fourth-order valence-corrected chi connectivity index (χ4v) is 9.71. The molecule has 5 heteroatoms. The van der Waals surface area contributed by atoms with Gasteiger partial charge in [-0.2, -0.15) is 0 Å². The van der Waals surface area contributed by atoms with Gasteiger partial charge in [0.1, 0.15) is 11.2 Å². The van der Waals surface area contributed by atoms with Gasteiger partial charge in [0.15, 0.2) is 5.82 Å². The zero-order chi connectivity index (χ0) is 38.2. The zero-order valence-electron chi connectivity index (χ0n) is 31.1. The highest BCUT2D eigenvalue weighted by Crippen LogP contribution is 2.44. The summed E-state index contributed by atoms with van der Waals surface area (Å²) in [5.41, 5.74) is 11.6. The number of aromatic nitrogens is 3. The van der Waals surface area contributed by atoms with Gasteiger partial charge in [0.2, 0.25) is 0 Å². The lowest BCUT2D eigenvalue weighted by atomic mass is 9.98. The number of para-hydroxylation sites is 2. The van der Waals surface area contributed by atoms with E-state index in [-0.39, 0.29) is 0 Å². The highest BCUT2D eigenvalue weighted by atomic mass is 32.1. The Morgan fingerprint density at radius 1 is 0.414 bits per heavy atom. The van der Waals surface area contributed by atoms with Gasteiger partial charge in [-0.1, -0.05) is 164 Å². The largest absolute Gasteiger partial charge is 0.455 e. The summed E-state index contributed by atoms with van der Waals surface area (Å²) < 4.78 is 8.95. The van der Waals surface area contributed by atoms with Crippen LogP contribution in [0.5, 0.6) is 0 Å². The molecule has 0 saturated carbocycles. The van der Waals surface area contributed by atoms with Crippen molar-refractivity contribution in [2.45, 2.75) is 0 Å². The van der Waals surface area contributed by atoms with Crippen molar-refractivity contribution in [3.05, 3.63) is 188 Å². The highest BCUT2D eigenvalue weighted by Gasteiger charge is 2.19. The molecule has 12 aromatic rings. The van der Waals surface area contributed by atoms with Gasteiger partial charge in [0, 0.05) is 69.5 Å². The number of fused-ring (bicyclic) bond motifs is 10. The van der Waals surface area contributed by atoms with Crippen LogP contribution in [0.4, 0.5) is 0 Å². The maximum absolute atomic E-state index is 6.43. The van der Waals surface area contributed by atoms with Crippen LogP contribution in [-0.2, 0) is 0 Å². The molecule has 0 bridgehead atoms. The normalized spacial score (nSPS) is 11.8. The van der Waals surface area contributed by atoms with Crippen molar-refractivity contribution in [1.29, 1.82) is 0 Å². The number of nitrogens with zero attached hydrogens (tertiary/aromatic N) is 3. The van der Waals surface area contributed by atoms with Crippen LogP contribution < -0.4 is 0 Å². The Hall–Kier alpha value is -7.47. The summed E-state index contributed by atoms with van der Waals surface area (Å²) in [5.74, 6) is 0.663. The molecule has 0 amide bonds. The number of benzene rings is 8. The molecule has 4 heterocycles. The lowest BCUT2D eigenvalue weighted by molar-refractivity contribution is 0.670. The average Bonchev–Trinajstić information content (AvgIpc) is 3.88. The number of rotatable bonds is 5. The van der Waals surface area contributed by atoms with Crippen LogP contribution in [0, 0.1) is 0 Å². The Kier molecular flexibility index (Phi) is 7.37. The van der Waals surface area contributed by atoms with Gasteiger partial charge in [-0.15, -0.1) is 11.3 Å². The maximum atomic E-state index is 6.43. The van der Waals surface area contributed by atoms with Crippen molar-refractivity contribution in [2.75, 3.05) is 0 Å². The van der Waals surface area contributed by atoms with E-state index in [1.54, 1.807) is 0 Å². The van der Waals surface area contributed by atoms with E-state index in [0.29, 0.717) is 5.82 Å². The number of hydrogen-bond donors (Lipinski definition) is 0. The molecule has 4 nitrogen and oxygen atoms in total. The van der Waals surface area contributed by atoms with Gasteiger partial charge in [-0.05, 0) is 35.2 Å². The Morgan fingerprint density at radius 2 is 1.09 bits per heavy atom. The standard InChI is InChI=1S/C53H31N3OS/c1-2-13-33(14-3-1)44-31-45(37-16-10-15-36(30-37)39-20-11-21-41-40-18-6-8-22-46(40)57-51(39)41)55-53(54-44)35-26-24-34(25-27-35)49-48-42-19-7-9-23-47(42)58-52(48)43-29-28-32-12-4-5-17-38(32)50(43)56-49/h1-31H. The quantitative estimate of drug-likeness (QED) is 0.164. The third-order valence-electron chi connectivity index (χ3n) is 11.3. The van der Waals surface area contributed by atoms with Gasteiger partial charge in [-0.25, -0.2) is 15.0 Å². The summed E-state index contributed by atoms with van der Waals surface area (Å²) in [5, 5.41) is 8.18. The summed E-state index contributed by atoms with van der Waals surface area (Å²) in [6.07, 6.45) is 0. The van der Waals surface area contributed by atoms with E-state index in [2.05, 4.69) is 170 Å². The third kappa shape index (κ3) is 5.25. The summed E-state index contributed by atoms with van der Waals surface area (Å²) >= 11 is 1.84. The molecular formula is C53H31N3OS. The van der Waals surface area contributed by atoms with Crippen molar-refractivity contribution >= 4 is 75.1 Å². The van der Waals surface area contributed by atoms with Crippen LogP contribution in [0.25, 0.3) is 120 Å². The average molecular weight is 758 g/mol. The van der Waals surface area contributed by atoms with Crippen molar-refractivity contribution in [3.63, 3.8) is 0 Å². The minimum absolute atomic E-state index is 0.663. The van der Waals surface area contributed by atoms with Crippen molar-refractivity contribution in [1.82, 2.24) is 15.0 Å². The van der Waals surface area contributed by atoms with Crippen LogP contribution >= 0.6 is 11.3 Å². The second-order valence-corrected chi connectivity index (χ2v) is 15.8. The number of furan rings is 1. The Balaban J connectivity index is 1.00. The van der Waals surface area contributed by atoms with E-state index < -0.39 is 0 Å². The lowest BCUT2D eigenvalue weighted by Crippen LogP contribution is -1.96. The number of thiophene rings is 1. The molecule has 0 atom stereocenters. The van der Waals surface area contributed by atoms with Crippen LogP contribution in [0.1, 0.15) is 0 Å². The van der Waals surface area contributed by atoms with Crippen molar-refractivity contribution in [2.24, 2.45) is 0 Å². The zero-order valence-corrected chi connectivity index (χ0v) is 31.9. The SMILES string of the molecule is c1ccc(-c2cc(-c3cccc(-c4cccc5c4oc4ccccc45)c3)nc(-c3ccc(-c4nc5c6ccccc6ccc5c5sc6ccccc6c45)cc3)n2)cc1. The molecule has 0 aliphatic rings. The molecule has 0 spiro atoms. The predicted octanol–water partition coefficient (Wildman–Crippen LogP) is 14.8. The second-order valence-electron chi connectivity index (χ2n) is 14.7. The molecule has 270 valence electrons. The van der Waals surface area contributed by atoms with Crippen molar-refractivity contribution in [3.8, 4) is 56.3 Å².